The Morgan fingerprint density at radius 3 is 2.67 bits per heavy atom. The normalized spacial score (nSPS) is 22.6. The van der Waals surface area contributed by atoms with Gasteiger partial charge in [-0.2, -0.15) is 0 Å². The highest BCUT2D eigenvalue weighted by atomic mass is 16.5. The van der Waals surface area contributed by atoms with Crippen LogP contribution in [0, 0.1) is 0 Å². The van der Waals surface area contributed by atoms with Crippen molar-refractivity contribution in [2.24, 2.45) is 0 Å². The third-order valence-corrected chi connectivity index (χ3v) is 4.16. The Morgan fingerprint density at radius 1 is 1.10 bits per heavy atom. The minimum Gasteiger partial charge on any atom is -0.490 e. The molecule has 1 aliphatic rings. The Kier molecular flexibility index (Phi) is 4.39. The van der Waals surface area contributed by atoms with Crippen molar-refractivity contribution in [3.63, 3.8) is 0 Å². The molecule has 1 heterocycles. The summed E-state index contributed by atoms with van der Waals surface area (Å²) in [7, 11) is 0. The number of ether oxygens (including phenoxy) is 1. The van der Waals surface area contributed by atoms with Crippen molar-refractivity contribution in [2.45, 2.75) is 57.7 Å². The smallest absolute Gasteiger partial charge is 0.120 e. The van der Waals surface area contributed by atoms with E-state index in [1.165, 1.54) is 18.2 Å². The first kappa shape index (κ1) is 14.3. The van der Waals surface area contributed by atoms with Gasteiger partial charge in [0.1, 0.15) is 5.75 Å². The quantitative estimate of drug-likeness (QED) is 0.924. The number of hydrogen-bond acceptors (Lipinski definition) is 3. The van der Waals surface area contributed by atoms with Gasteiger partial charge in [-0.15, -0.1) is 0 Å². The first-order chi connectivity index (χ1) is 10.2. The fourth-order valence-corrected chi connectivity index (χ4v) is 3.15. The molecule has 0 aliphatic heterocycles. The Hall–Kier alpha value is -1.61. The monoisotopic (exact) mass is 284 g/mol. The van der Waals surface area contributed by atoms with Gasteiger partial charge in [0.2, 0.25) is 0 Å². The van der Waals surface area contributed by atoms with E-state index < -0.39 is 0 Å². The number of nitrogens with one attached hydrogen (secondary N) is 1. The molecule has 0 spiro atoms. The van der Waals surface area contributed by atoms with Crippen molar-refractivity contribution < 1.29 is 4.74 Å². The molecule has 1 aromatic carbocycles. The zero-order valence-corrected chi connectivity index (χ0v) is 12.9. The second kappa shape index (κ2) is 6.44. The molecule has 0 unspecified atom stereocenters. The summed E-state index contributed by atoms with van der Waals surface area (Å²) in [6.07, 6.45) is 8.77. The topological polar surface area (TPSA) is 34.1 Å². The molecule has 112 valence electrons. The minimum atomic E-state index is 0.356. The molecule has 1 saturated carbocycles. The zero-order valence-electron chi connectivity index (χ0n) is 12.9. The van der Waals surface area contributed by atoms with E-state index >= 15 is 0 Å². The molecule has 3 rings (SSSR count). The summed E-state index contributed by atoms with van der Waals surface area (Å²) in [5, 5.41) is 5.98. The van der Waals surface area contributed by atoms with Gasteiger partial charge in [-0.1, -0.05) is 13.8 Å². The molecule has 3 heteroatoms. The molecule has 1 fully saturated rings. The Bertz CT molecular complexity index is 589. The second-order valence-electron chi connectivity index (χ2n) is 6.30. The highest BCUT2D eigenvalue weighted by Crippen LogP contribution is 2.26. The van der Waals surface area contributed by atoms with Gasteiger partial charge in [0.25, 0.3) is 0 Å². The maximum absolute atomic E-state index is 6.17. The summed E-state index contributed by atoms with van der Waals surface area (Å²) in [6.45, 7) is 4.43. The number of pyridine rings is 1. The summed E-state index contributed by atoms with van der Waals surface area (Å²) in [6, 6.07) is 9.53. The van der Waals surface area contributed by atoms with Crippen molar-refractivity contribution in [2.75, 3.05) is 0 Å². The fraction of sp³-hybridized carbons (Fsp3) is 0.500. The van der Waals surface area contributed by atoms with Crippen LogP contribution in [0.3, 0.4) is 0 Å². The van der Waals surface area contributed by atoms with Crippen LogP contribution < -0.4 is 10.1 Å². The number of benzene rings is 1. The Balaban J connectivity index is 1.59. The lowest BCUT2D eigenvalue weighted by atomic mass is 9.92. The standard InChI is InChI=1S/C18H24N2O/c1-13(2)20-16-4-7-17(8-5-16)21-18-6-3-15-12-19-10-9-14(15)11-18/h3,6,9-13,16-17,20H,4-5,7-8H2,1-2H3/t16-,17+. The van der Waals surface area contributed by atoms with Crippen LogP contribution in [0.4, 0.5) is 0 Å². The molecule has 0 bridgehead atoms. The maximum atomic E-state index is 6.17. The van der Waals surface area contributed by atoms with Crippen LogP contribution in [-0.2, 0) is 0 Å². The van der Waals surface area contributed by atoms with E-state index in [4.69, 9.17) is 4.74 Å². The second-order valence-corrected chi connectivity index (χ2v) is 6.30. The molecule has 21 heavy (non-hydrogen) atoms. The molecule has 1 aromatic heterocycles. The fourth-order valence-electron chi connectivity index (χ4n) is 3.15. The SMILES string of the molecule is CC(C)N[C@H]1CC[C@@H](Oc2ccc3cnccc3c2)CC1. The van der Waals surface area contributed by atoms with Crippen molar-refractivity contribution in [3.8, 4) is 5.75 Å². The van der Waals surface area contributed by atoms with E-state index in [0.29, 0.717) is 18.2 Å². The van der Waals surface area contributed by atoms with Gasteiger partial charge in [-0.25, -0.2) is 0 Å². The minimum absolute atomic E-state index is 0.356. The Morgan fingerprint density at radius 2 is 1.90 bits per heavy atom. The van der Waals surface area contributed by atoms with Gasteiger partial charge < -0.3 is 10.1 Å². The molecule has 1 N–H and O–H groups in total. The number of fused-ring (bicyclic) bond motifs is 1. The number of hydrogen-bond donors (Lipinski definition) is 1. The van der Waals surface area contributed by atoms with Crippen molar-refractivity contribution in [3.05, 3.63) is 36.7 Å². The highest BCUT2D eigenvalue weighted by molar-refractivity contribution is 5.82. The lowest BCUT2D eigenvalue weighted by Gasteiger charge is -2.30. The summed E-state index contributed by atoms with van der Waals surface area (Å²) < 4.78 is 6.17. The van der Waals surface area contributed by atoms with Gasteiger partial charge in [0, 0.05) is 29.9 Å². The van der Waals surface area contributed by atoms with E-state index in [9.17, 15) is 0 Å². The number of aromatic nitrogens is 1. The van der Waals surface area contributed by atoms with Gasteiger partial charge >= 0.3 is 0 Å². The average molecular weight is 284 g/mol. The van der Waals surface area contributed by atoms with Gasteiger partial charge in [-0.3, -0.25) is 4.98 Å². The zero-order chi connectivity index (χ0) is 14.7. The van der Waals surface area contributed by atoms with Crippen molar-refractivity contribution >= 4 is 10.8 Å². The van der Waals surface area contributed by atoms with Crippen molar-refractivity contribution in [1.29, 1.82) is 0 Å². The number of rotatable bonds is 4. The molecule has 0 saturated heterocycles. The van der Waals surface area contributed by atoms with E-state index in [1.807, 2.05) is 18.5 Å². The predicted octanol–water partition coefficient (Wildman–Crippen LogP) is 3.92. The molecule has 0 radical (unpaired) electrons. The summed E-state index contributed by atoms with van der Waals surface area (Å²) >= 11 is 0. The molecule has 3 nitrogen and oxygen atoms in total. The lowest BCUT2D eigenvalue weighted by Crippen LogP contribution is -2.39. The predicted molar refractivity (Wildman–Crippen MR) is 86.7 cm³/mol. The first-order valence-electron chi connectivity index (χ1n) is 7.97. The third kappa shape index (κ3) is 3.73. The molecule has 0 atom stereocenters. The molecular formula is C18H24N2O. The van der Waals surface area contributed by atoms with Crippen LogP contribution in [0.25, 0.3) is 10.8 Å². The van der Waals surface area contributed by atoms with E-state index in [1.54, 1.807) is 0 Å². The molecular weight excluding hydrogens is 260 g/mol. The van der Waals surface area contributed by atoms with Crippen molar-refractivity contribution in [1.82, 2.24) is 10.3 Å². The Labute approximate surface area is 126 Å². The first-order valence-corrected chi connectivity index (χ1v) is 7.97. The van der Waals surface area contributed by atoms with Crippen LogP contribution >= 0.6 is 0 Å². The van der Waals surface area contributed by atoms with E-state index in [0.717, 1.165) is 24.0 Å². The largest absolute Gasteiger partial charge is 0.490 e. The van der Waals surface area contributed by atoms with E-state index in [2.05, 4.69) is 42.3 Å². The molecule has 0 amide bonds. The van der Waals surface area contributed by atoms with Gasteiger partial charge in [0.15, 0.2) is 0 Å². The molecule has 2 aromatic rings. The van der Waals surface area contributed by atoms with Crippen LogP contribution in [0.5, 0.6) is 5.75 Å². The average Bonchev–Trinajstić information content (AvgIpc) is 2.49. The highest BCUT2D eigenvalue weighted by Gasteiger charge is 2.22. The summed E-state index contributed by atoms with van der Waals surface area (Å²) in [4.78, 5) is 4.14. The number of nitrogens with zero attached hydrogens (tertiary/aromatic N) is 1. The maximum Gasteiger partial charge on any atom is 0.120 e. The lowest BCUT2D eigenvalue weighted by molar-refractivity contribution is 0.138. The van der Waals surface area contributed by atoms with Gasteiger partial charge in [-0.05, 0) is 55.3 Å². The van der Waals surface area contributed by atoms with Gasteiger partial charge in [0.05, 0.1) is 6.10 Å². The van der Waals surface area contributed by atoms with Crippen LogP contribution in [0.2, 0.25) is 0 Å². The summed E-state index contributed by atoms with van der Waals surface area (Å²) in [5.74, 6) is 0.981. The molecule has 1 aliphatic carbocycles. The van der Waals surface area contributed by atoms with E-state index in [-0.39, 0.29) is 0 Å². The van der Waals surface area contributed by atoms with Crippen LogP contribution in [-0.4, -0.2) is 23.2 Å². The summed E-state index contributed by atoms with van der Waals surface area (Å²) in [5.41, 5.74) is 0. The van der Waals surface area contributed by atoms with Crippen LogP contribution in [0.1, 0.15) is 39.5 Å². The van der Waals surface area contributed by atoms with Crippen LogP contribution in [0.15, 0.2) is 36.7 Å². The third-order valence-electron chi connectivity index (χ3n) is 4.16.